The molecule has 2 fully saturated rings. The third-order valence-electron chi connectivity index (χ3n) is 6.05. The number of pyridine rings is 1. The summed E-state index contributed by atoms with van der Waals surface area (Å²) in [7, 11) is 0. The molecule has 1 spiro atoms. The molecule has 0 bridgehead atoms. The molecule has 2 aliphatic heterocycles. The van der Waals surface area contributed by atoms with Crippen molar-refractivity contribution in [1.82, 2.24) is 15.0 Å². The summed E-state index contributed by atoms with van der Waals surface area (Å²) in [6.07, 6.45) is 5.00. The van der Waals surface area contributed by atoms with Crippen LogP contribution in [0, 0.1) is 23.7 Å². The number of aromatic nitrogens is 3. The molecule has 10 heteroatoms. The van der Waals surface area contributed by atoms with Crippen LogP contribution in [0.4, 0.5) is 11.6 Å². The maximum Gasteiger partial charge on any atom is 0.153 e. The van der Waals surface area contributed by atoms with E-state index in [1.54, 1.807) is 12.3 Å². The van der Waals surface area contributed by atoms with Crippen molar-refractivity contribution in [3.8, 4) is 0 Å². The van der Waals surface area contributed by atoms with E-state index < -0.39 is 0 Å². The Kier molecular flexibility index (Phi) is 6.15. The second kappa shape index (κ2) is 8.66. The van der Waals surface area contributed by atoms with Crippen LogP contribution in [0.25, 0.3) is 0 Å². The Labute approximate surface area is 184 Å². The number of nitrogens with two attached hydrogens (primary N) is 1. The first-order chi connectivity index (χ1) is 14.5. The van der Waals surface area contributed by atoms with Crippen LogP contribution in [0.3, 0.4) is 0 Å². The van der Waals surface area contributed by atoms with Crippen LogP contribution in [0.1, 0.15) is 24.2 Å². The number of rotatable bonds is 5. The van der Waals surface area contributed by atoms with Gasteiger partial charge < -0.3 is 25.9 Å². The largest absolute Gasteiger partial charge is 0.390 e. The van der Waals surface area contributed by atoms with Crippen molar-refractivity contribution in [2.24, 2.45) is 11.3 Å². The molecule has 160 valence electrons. The van der Waals surface area contributed by atoms with Gasteiger partial charge in [-0.2, -0.15) is 0 Å². The van der Waals surface area contributed by atoms with Crippen LogP contribution in [-0.2, 0) is 11.3 Å². The molecule has 0 aromatic carbocycles. The van der Waals surface area contributed by atoms with Gasteiger partial charge >= 0.3 is 0 Å². The number of nitrogens with one attached hydrogen (secondary N) is 1. The molecule has 1 atom stereocenters. The minimum atomic E-state index is -0.198. The maximum absolute atomic E-state index is 9.97. The van der Waals surface area contributed by atoms with Crippen molar-refractivity contribution in [2.45, 2.75) is 36.3 Å². The fourth-order valence-electron chi connectivity index (χ4n) is 4.18. The molecule has 0 aliphatic carbocycles. The predicted molar refractivity (Wildman–Crippen MR) is 117 cm³/mol. The molecular formula is C20H25ClN6O2S. The fourth-order valence-corrected chi connectivity index (χ4v) is 5.29. The van der Waals surface area contributed by atoms with Gasteiger partial charge in [0.1, 0.15) is 16.5 Å². The highest BCUT2D eigenvalue weighted by molar-refractivity contribution is 7.99. The van der Waals surface area contributed by atoms with Crippen LogP contribution in [0.2, 0.25) is 5.02 Å². The second-order valence-electron chi connectivity index (χ2n) is 7.79. The lowest BCUT2D eigenvalue weighted by Crippen LogP contribution is -2.45. The molecule has 4 rings (SSSR count). The van der Waals surface area contributed by atoms with Gasteiger partial charge in [0.2, 0.25) is 0 Å². The van der Waals surface area contributed by atoms with Crippen molar-refractivity contribution < 1.29 is 9.84 Å². The quantitative estimate of drug-likeness (QED) is 0.597. The first-order valence-corrected chi connectivity index (χ1v) is 11.1. The van der Waals surface area contributed by atoms with E-state index in [2.05, 4.69) is 14.9 Å². The number of nitrogen functional groups attached to an aromatic ring is 1. The van der Waals surface area contributed by atoms with Gasteiger partial charge in [0.05, 0.1) is 30.5 Å². The lowest BCUT2D eigenvalue weighted by Gasteiger charge is -2.41. The normalized spacial score (nSPS) is 20.6. The molecule has 0 radical (unpaired) electrons. The molecule has 4 heterocycles. The summed E-state index contributed by atoms with van der Waals surface area (Å²) in [4.78, 5) is 16.4. The van der Waals surface area contributed by atoms with E-state index in [0.29, 0.717) is 29.0 Å². The number of hydrogen-bond acceptors (Lipinski definition) is 9. The van der Waals surface area contributed by atoms with Crippen LogP contribution < -0.4 is 10.6 Å². The van der Waals surface area contributed by atoms with Crippen molar-refractivity contribution in [2.75, 3.05) is 36.9 Å². The van der Waals surface area contributed by atoms with Crippen molar-refractivity contribution >= 4 is 41.2 Å². The van der Waals surface area contributed by atoms with E-state index in [1.807, 2.05) is 6.92 Å². The Morgan fingerprint density at radius 3 is 2.90 bits per heavy atom. The second-order valence-corrected chi connectivity index (χ2v) is 9.20. The van der Waals surface area contributed by atoms with E-state index in [-0.39, 0.29) is 23.8 Å². The van der Waals surface area contributed by atoms with Crippen molar-refractivity contribution in [1.29, 1.82) is 5.41 Å². The highest BCUT2D eigenvalue weighted by Gasteiger charge is 2.45. The Morgan fingerprint density at radius 1 is 1.43 bits per heavy atom. The lowest BCUT2D eigenvalue weighted by atomic mass is 9.71. The fraction of sp³-hybridized carbons (Fsp3) is 0.500. The summed E-state index contributed by atoms with van der Waals surface area (Å²) in [6.45, 7) is 4.65. The summed E-state index contributed by atoms with van der Waals surface area (Å²) in [5, 5.41) is 18.8. The standard InChI is InChI=1S/C20H25ClN6O2S/c1-12-19(30-15-2-5-24-17(23)16(15)21)26-14(9-28)18(25-12)27-6-3-20(4-7-27)11-29-10-13(20)8-22/h2,5,8,13,22,28H,3-4,6-7,9-11H2,1H3,(H2,23,24)/t13-/m1/s1. The first kappa shape index (κ1) is 21.3. The maximum atomic E-state index is 9.97. The van der Waals surface area contributed by atoms with E-state index in [9.17, 15) is 5.11 Å². The number of aryl methyl sites for hydroxylation is 1. The molecule has 2 saturated heterocycles. The number of halogens is 1. The van der Waals surface area contributed by atoms with Crippen LogP contribution >= 0.6 is 23.4 Å². The predicted octanol–water partition coefficient (Wildman–Crippen LogP) is 2.94. The van der Waals surface area contributed by atoms with Crippen molar-refractivity contribution in [3.63, 3.8) is 0 Å². The summed E-state index contributed by atoms with van der Waals surface area (Å²) in [5.74, 6) is 1.17. The number of hydrogen-bond donors (Lipinski definition) is 3. The number of aliphatic hydroxyl groups is 1. The Balaban J connectivity index is 1.56. The van der Waals surface area contributed by atoms with Crippen molar-refractivity contribution in [3.05, 3.63) is 28.7 Å². The number of piperidine rings is 1. The topological polar surface area (TPSA) is 121 Å². The molecule has 4 N–H and O–H groups in total. The van der Waals surface area contributed by atoms with E-state index >= 15 is 0 Å². The van der Waals surface area contributed by atoms with Gasteiger partial charge in [0.15, 0.2) is 5.82 Å². The number of ether oxygens (including phenoxy) is 1. The highest BCUT2D eigenvalue weighted by atomic mass is 35.5. The van der Waals surface area contributed by atoms with Gasteiger partial charge in [-0.3, -0.25) is 0 Å². The third-order valence-corrected chi connectivity index (χ3v) is 7.70. The van der Waals surface area contributed by atoms with Gasteiger partial charge in [-0.05, 0) is 25.8 Å². The lowest BCUT2D eigenvalue weighted by molar-refractivity contribution is 0.131. The molecule has 2 aliphatic rings. The number of aliphatic hydroxyl groups excluding tert-OH is 1. The number of anilines is 2. The van der Waals surface area contributed by atoms with Crippen LogP contribution in [0.5, 0.6) is 0 Å². The van der Waals surface area contributed by atoms with Gasteiger partial charge in [-0.15, -0.1) is 0 Å². The minimum Gasteiger partial charge on any atom is -0.390 e. The third kappa shape index (κ3) is 3.87. The summed E-state index contributed by atoms with van der Waals surface area (Å²) in [6, 6.07) is 1.78. The molecule has 8 nitrogen and oxygen atoms in total. The Bertz CT molecular complexity index is 951. The summed E-state index contributed by atoms with van der Waals surface area (Å²) in [5.41, 5.74) is 7.16. The Morgan fingerprint density at radius 2 is 2.20 bits per heavy atom. The van der Waals surface area contributed by atoms with Gasteiger partial charge in [-0.1, -0.05) is 23.4 Å². The first-order valence-electron chi connectivity index (χ1n) is 9.87. The highest BCUT2D eigenvalue weighted by Crippen LogP contribution is 2.44. The van der Waals surface area contributed by atoms with E-state index in [0.717, 1.165) is 42.3 Å². The Hall–Kier alpha value is -1.94. The SMILES string of the molecule is Cc1nc(N2CCC3(CC2)COC[C@H]3C=N)c(CO)nc1Sc1ccnc(N)c1Cl. The van der Waals surface area contributed by atoms with Gasteiger partial charge in [0, 0.05) is 41.7 Å². The molecule has 2 aromatic heterocycles. The summed E-state index contributed by atoms with van der Waals surface area (Å²) < 4.78 is 5.67. The molecule has 0 saturated carbocycles. The van der Waals surface area contributed by atoms with Gasteiger partial charge in [-0.25, -0.2) is 15.0 Å². The zero-order chi connectivity index (χ0) is 21.3. The van der Waals surface area contributed by atoms with Crippen LogP contribution in [-0.4, -0.2) is 52.6 Å². The zero-order valence-corrected chi connectivity index (χ0v) is 18.3. The molecule has 2 aromatic rings. The monoisotopic (exact) mass is 448 g/mol. The smallest absolute Gasteiger partial charge is 0.153 e. The minimum absolute atomic E-state index is 0.0495. The van der Waals surface area contributed by atoms with Gasteiger partial charge in [0.25, 0.3) is 0 Å². The molecule has 0 amide bonds. The molecule has 0 unspecified atom stereocenters. The molecular weight excluding hydrogens is 424 g/mol. The van der Waals surface area contributed by atoms with Crippen LogP contribution in [0.15, 0.2) is 22.2 Å². The zero-order valence-electron chi connectivity index (χ0n) is 16.8. The summed E-state index contributed by atoms with van der Waals surface area (Å²) >= 11 is 7.63. The average molecular weight is 449 g/mol. The average Bonchev–Trinajstić information content (AvgIpc) is 3.15. The van der Waals surface area contributed by atoms with E-state index in [1.165, 1.54) is 18.0 Å². The number of nitrogens with zero attached hydrogens (tertiary/aromatic N) is 4. The van der Waals surface area contributed by atoms with E-state index in [4.69, 9.17) is 32.5 Å². The molecule has 30 heavy (non-hydrogen) atoms.